The van der Waals surface area contributed by atoms with Gasteiger partial charge < -0.3 is 14.4 Å². The van der Waals surface area contributed by atoms with Gasteiger partial charge in [0.25, 0.3) is 5.91 Å². The van der Waals surface area contributed by atoms with Crippen LogP contribution in [0.5, 0.6) is 11.5 Å². The van der Waals surface area contributed by atoms with Gasteiger partial charge in [-0.25, -0.2) is 0 Å². The van der Waals surface area contributed by atoms with E-state index in [9.17, 15) is 4.79 Å². The Hall–Kier alpha value is -2.53. The van der Waals surface area contributed by atoms with E-state index in [1.54, 1.807) is 14.2 Å². The summed E-state index contributed by atoms with van der Waals surface area (Å²) in [7, 11) is 3.22. The summed E-state index contributed by atoms with van der Waals surface area (Å²) < 4.78 is 11.8. The van der Waals surface area contributed by atoms with Crippen LogP contribution in [-0.4, -0.2) is 31.6 Å². The molecule has 0 aliphatic rings. The fourth-order valence-electron chi connectivity index (χ4n) is 2.77. The summed E-state index contributed by atoms with van der Waals surface area (Å²) in [6, 6.07) is 15.8. The molecule has 0 radical (unpaired) electrons. The molecule has 0 N–H and O–H groups in total. The molecular weight excluding hydrogens is 334 g/mol. The molecule has 0 unspecified atom stereocenters. The second-order valence-corrected chi connectivity index (χ2v) is 6.74. The number of carbonyl (C=O) groups excluding carboxylic acids is 1. The molecule has 1 amide bonds. The maximum Gasteiger partial charge on any atom is 0.264 e. The lowest BCUT2D eigenvalue weighted by atomic mass is 10.1. The Morgan fingerprint density at radius 2 is 1.80 bits per heavy atom. The SMILES string of the molecule is CCN(Cc1ccc(OC)c(OC)c1)C(=O)c1cc2ccccc2s1. The van der Waals surface area contributed by atoms with Gasteiger partial charge in [0.2, 0.25) is 0 Å². The molecule has 0 spiro atoms. The molecule has 25 heavy (non-hydrogen) atoms. The van der Waals surface area contributed by atoms with Gasteiger partial charge in [0.15, 0.2) is 11.5 Å². The van der Waals surface area contributed by atoms with E-state index >= 15 is 0 Å². The predicted molar refractivity (Wildman–Crippen MR) is 102 cm³/mol. The van der Waals surface area contributed by atoms with E-state index in [4.69, 9.17) is 9.47 Å². The summed E-state index contributed by atoms with van der Waals surface area (Å²) in [5, 5.41) is 1.11. The normalized spacial score (nSPS) is 10.7. The molecule has 0 aliphatic heterocycles. The van der Waals surface area contributed by atoms with Crippen molar-refractivity contribution in [3.63, 3.8) is 0 Å². The van der Waals surface area contributed by atoms with E-state index in [-0.39, 0.29) is 5.91 Å². The van der Waals surface area contributed by atoms with E-state index in [0.29, 0.717) is 24.6 Å². The number of thiophene rings is 1. The molecule has 0 saturated carbocycles. The topological polar surface area (TPSA) is 38.8 Å². The zero-order valence-electron chi connectivity index (χ0n) is 14.6. The number of carbonyl (C=O) groups is 1. The lowest BCUT2D eigenvalue weighted by molar-refractivity contribution is 0.0757. The van der Waals surface area contributed by atoms with Crippen LogP contribution in [0.3, 0.4) is 0 Å². The summed E-state index contributed by atoms with van der Waals surface area (Å²) in [6.07, 6.45) is 0. The fraction of sp³-hybridized carbons (Fsp3) is 0.250. The van der Waals surface area contributed by atoms with Crippen molar-refractivity contribution in [2.45, 2.75) is 13.5 Å². The van der Waals surface area contributed by atoms with E-state index < -0.39 is 0 Å². The van der Waals surface area contributed by atoms with Crippen molar-refractivity contribution in [1.82, 2.24) is 4.90 Å². The van der Waals surface area contributed by atoms with Crippen LogP contribution in [0.1, 0.15) is 22.2 Å². The summed E-state index contributed by atoms with van der Waals surface area (Å²) >= 11 is 1.54. The zero-order chi connectivity index (χ0) is 17.8. The minimum atomic E-state index is 0.0542. The van der Waals surface area contributed by atoms with Gasteiger partial charge in [-0.05, 0) is 42.1 Å². The Labute approximate surface area is 151 Å². The van der Waals surface area contributed by atoms with Crippen LogP contribution in [0, 0.1) is 0 Å². The highest BCUT2D eigenvalue weighted by Crippen LogP contribution is 2.29. The van der Waals surface area contributed by atoms with E-state index in [2.05, 4.69) is 0 Å². The van der Waals surface area contributed by atoms with Crippen LogP contribution in [0.25, 0.3) is 10.1 Å². The Balaban J connectivity index is 1.83. The number of hydrogen-bond acceptors (Lipinski definition) is 4. The van der Waals surface area contributed by atoms with Crippen molar-refractivity contribution in [1.29, 1.82) is 0 Å². The number of rotatable bonds is 6. The van der Waals surface area contributed by atoms with Crippen molar-refractivity contribution in [3.8, 4) is 11.5 Å². The summed E-state index contributed by atoms with van der Waals surface area (Å²) in [5.41, 5.74) is 1.01. The predicted octanol–water partition coefficient (Wildman–Crippen LogP) is 4.58. The third-order valence-electron chi connectivity index (χ3n) is 4.13. The number of amides is 1. The van der Waals surface area contributed by atoms with Crippen molar-refractivity contribution in [2.75, 3.05) is 20.8 Å². The van der Waals surface area contributed by atoms with Crippen LogP contribution >= 0.6 is 11.3 Å². The number of nitrogens with zero attached hydrogens (tertiary/aromatic N) is 1. The molecule has 0 atom stereocenters. The van der Waals surface area contributed by atoms with Crippen molar-refractivity contribution >= 4 is 27.3 Å². The van der Waals surface area contributed by atoms with Crippen LogP contribution in [0.2, 0.25) is 0 Å². The van der Waals surface area contributed by atoms with Gasteiger partial charge in [-0.1, -0.05) is 24.3 Å². The lowest BCUT2D eigenvalue weighted by Gasteiger charge is -2.21. The highest BCUT2D eigenvalue weighted by atomic mass is 32.1. The molecule has 5 heteroatoms. The molecule has 0 fully saturated rings. The first kappa shape index (κ1) is 17.3. The van der Waals surface area contributed by atoms with Crippen LogP contribution in [0.4, 0.5) is 0 Å². The zero-order valence-corrected chi connectivity index (χ0v) is 15.4. The highest BCUT2D eigenvalue weighted by Gasteiger charge is 2.18. The standard InChI is InChI=1S/C20H21NO3S/c1-4-21(13-14-9-10-16(23-2)17(11-14)24-3)20(22)19-12-15-7-5-6-8-18(15)25-19/h5-12H,4,13H2,1-3H3. The van der Waals surface area contributed by atoms with Crippen LogP contribution in [0.15, 0.2) is 48.5 Å². The van der Waals surface area contributed by atoms with E-state index in [0.717, 1.165) is 20.5 Å². The third-order valence-corrected chi connectivity index (χ3v) is 5.23. The summed E-state index contributed by atoms with van der Waals surface area (Å²) in [5.74, 6) is 1.41. The van der Waals surface area contributed by atoms with Gasteiger partial charge in [-0.3, -0.25) is 4.79 Å². The average Bonchev–Trinajstić information content (AvgIpc) is 3.09. The monoisotopic (exact) mass is 355 g/mol. The highest BCUT2D eigenvalue weighted by molar-refractivity contribution is 7.20. The fourth-order valence-corrected chi connectivity index (χ4v) is 3.80. The molecule has 130 valence electrons. The Bertz CT molecular complexity index is 855. The molecule has 2 aromatic carbocycles. The molecule has 3 aromatic rings. The maximum absolute atomic E-state index is 12.9. The van der Waals surface area contributed by atoms with Crippen LogP contribution < -0.4 is 9.47 Å². The van der Waals surface area contributed by atoms with Gasteiger partial charge in [-0.15, -0.1) is 11.3 Å². The first-order valence-corrected chi connectivity index (χ1v) is 8.96. The number of ether oxygens (including phenoxy) is 2. The first-order valence-electron chi connectivity index (χ1n) is 8.15. The quantitative estimate of drug-likeness (QED) is 0.650. The van der Waals surface area contributed by atoms with Gasteiger partial charge in [-0.2, -0.15) is 0 Å². The Morgan fingerprint density at radius 1 is 1.04 bits per heavy atom. The first-order chi connectivity index (χ1) is 12.2. The molecule has 1 heterocycles. The second-order valence-electron chi connectivity index (χ2n) is 5.66. The van der Waals surface area contributed by atoms with E-state index in [1.807, 2.05) is 60.4 Å². The van der Waals surface area contributed by atoms with Gasteiger partial charge in [0.05, 0.1) is 19.1 Å². The lowest BCUT2D eigenvalue weighted by Crippen LogP contribution is -2.29. The summed E-state index contributed by atoms with van der Waals surface area (Å²) in [4.78, 5) is 15.5. The van der Waals surface area contributed by atoms with Gasteiger partial charge in [0, 0.05) is 17.8 Å². The number of benzene rings is 2. The van der Waals surface area contributed by atoms with Gasteiger partial charge in [0.1, 0.15) is 0 Å². The molecule has 4 nitrogen and oxygen atoms in total. The largest absolute Gasteiger partial charge is 0.493 e. The summed E-state index contributed by atoms with van der Waals surface area (Å²) in [6.45, 7) is 3.16. The average molecular weight is 355 g/mol. The molecule has 0 saturated heterocycles. The van der Waals surface area contributed by atoms with E-state index in [1.165, 1.54) is 11.3 Å². The van der Waals surface area contributed by atoms with Crippen molar-refractivity contribution in [2.24, 2.45) is 0 Å². The molecule has 1 aromatic heterocycles. The second kappa shape index (κ2) is 7.57. The van der Waals surface area contributed by atoms with Gasteiger partial charge >= 0.3 is 0 Å². The smallest absolute Gasteiger partial charge is 0.264 e. The molecule has 3 rings (SSSR count). The Kier molecular flexibility index (Phi) is 5.24. The minimum absolute atomic E-state index is 0.0542. The van der Waals surface area contributed by atoms with Crippen LogP contribution in [-0.2, 0) is 6.54 Å². The third kappa shape index (κ3) is 3.61. The van der Waals surface area contributed by atoms with Crippen molar-refractivity contribution < 1.29 is 14.3 Å². The number of methoxy groups -OCH3 is 2. The minimum Gasteiger partial charge on any atom is -0.493 e. The van der Waals surface area contributed by atoms with Crippen molar-refractivity contribution in [3.05, 3.63) is 59.0 Å². The maximum atomic E-state index is 12.9. The number of fused-ring (bicyclic) bond motifs is 1. The molecular formula is C20H21NO3S. The Morgan fingerprint density at radius 3 is 2.48 bits per heavy atom. The molecule has 0 aliphatic carbocycles. The molecule has 0 bridgehead atoms. The number of hydrogen-bond donors (Lipinski definition) is 0.